The topological polar surface area (TPSA) is 105 Å². The van der Waals surface area contributed by atoms with E-state index >= 15 is 0 Å². The van der Waals surface area contributed by atoms with E-state index in [1.54, 1.807) is 19.2 Å². The average molecular weight is 339 g/mol. The molecule has 0 spiro atoms. The Morgan fingerprint density at radius 3 is 2.76 bits per heavy atom. The van der Waals surface area contributed by atoms with Gasteiger partial charge in [0.1, 0.15) is 11.5 Å². The predicted molar refractivity (Wildman–Crippen MR) is 90.0 cm³/mol. The summed E-state index contributed by atoms with van der Waals surface area (Å²) in [7, 11) is 1.61. The summed E-state index contributed by atoms with van der Waals surface area (Å²) < 4.78 is 10.5. The monoisotopic (exact) mass is 339 g/mol. The molecule has 0 unspecified atom stereocenters. The van der Waals surface area contributed by atoms with Gasteiger partial charge in [0.2, 0.25) is 5.82 Å². The van der Waals surface area contributed by atoms with E-state index in [1.165, 1.54) is 4.80 Å². The van der Waals surface area contributed by atoms with Gasteiger partial charge in [-0.3, -0.25) is 4.79 Å². The van der Waals surface area contributed by atoms with Gasteiger partial charge in [-0.05, 0) is 35.0 Å². The predicted octanol–water partition coefficient (Wildman–Crippen LogP) is 1.26. The number of methoxy groups -OCH3 is 1. The first-order valence-electron chi connectivity index (χ1n) is 7.56. The molecule has 8 nitrogen and oxygen atoms in total. The van der Waals surface area contributed by atoms with Gasteiger partial charge in [0.15, 0.2) is 6.61 Å². The number of carbonyl (C=O) groups is 1. The molecule has 1 heterocycles. The van der Waals surface area contributed by atoms with Crippen LogP contribution in [0.15, 0.2) is 48.5 Å². The molecular weight excluding hydrogens is 322 g/mol. The van der Waals surface area contributed by atoms with Crippen LogP contribution >= 0.6 is 0 Å². The lowest BCUT2D eigenvalue weighted by Crippen LogP contribution is -2.20. The number of hydrogen-bond acceptors (Lipinski definition) is 6. The van der Waals surface area contributed by atoms with Crippen molar-refractivity contribution in [2.24, 2.45) is 5.73 Å². The Balaban J connectivity index is 1.73. The Bertz CT molecular complexity index is 878. The highest BCUT2D eigenvalue weighted by atomic mass is 16.5. The van der Waals surface area contributed by atoms with Crippen LogP contribution in [-0.4, -0.2) is 39.8 Å². The number of hydrogen-bond donors (Lipinski definition) is 1. The number of nitrogens with two attached hydrogens (primary N) is 1. The fourth-order valence-electron chi connectivity index (χ4n) is 2.24. The van der Waals surface area contributed by atoms with Crippen molar-refractivity contribution in [3.63, 3.8) is 0 Å². The molecule has 0 saturated heterocycles. The number of tetrazole rings is 1. The molecule has 8 heteroatoms. The van der Waals surface area contributed by atoms with Crippen molar-refractivity contribution in [3.05, 3.63) is 54.1 Å². The molecule has 3 rings (SSSR count). The average Bonchev–Trinajstić information content (AvgIpc) is 3.09. The van der Waals surface area contributed by atoms with E-state index in [1.807, 2.05) is 36.4 Å². The highest BCUT2D eigenvalue weighted by Gasteiger charge is 2.08. The van der Waals surface area contributed by atoms with E-state index in [0.717, 1.165) is 16.9 Å². The van der Waals surface area contributed by atoms with Crippen LogP contribution in [0, 0.1) is 0 Å². The quantitative estimate of drug-likeness (QED) is 0.695. The van der Waals surface area contributed by atoms with Crippen molar-refractivity contribution in [2.45, 2.75) is 6.54 Å². The molecule has 128 valence electrons. The molecule has 0 aliphatic rings. The summed E-state index contributed by atoms with van der Waals surface area (Å²) in [6.07, 6.45) is 0. The third-order valence-electron chi connectivity index (χ3n) is 3.38. The number of rotatable bonds is 7. The molecule has 0 bridgehead atoms. The van der Waals surface area contributed by atoms with Gasteiger partial charge in [-0.2, -0.15) is 4.80 Å². The minimum Gasteiger partial charge on any atom is -0.497 e. The van der Waals surface area contributed by atoms with Crippen LogP contribution in [0.3, 0.4) is 0 Å². The first-order valence-corrected chi connectivity index (χ1v) is 7.56. The summed E-state index contributed by atoms with van der Waals surface area (Å²) in [5.74, 6) is 1.28. The second kappa shape index (κ2) is 7.43. The van der Waals surface area contributed by atoms with Gasteiger partial charge in [0.05, 0.1) is 13.7 Å². The largest absolute Gasteiger partial charge is 0.497 e. The van der Waals surface area contributed by atoms with Crippen molar-refractivity contribution >= 4 is 5.91 Å². The number of benzene rings is 2. The van der Waals surface area contributed by atoms with Crippen molar-refractivity contribution < 1.29 is 14.3 Å². The van der Waals surface area contributed by atoms with Crippen LogP contribution < -0.4 is 15.2 Å². The standard InChI is InChI=1S/C17H17N5O3/c1-24-14-6-3-5-13(9-14)17-19-21-22(20-17)10-12-4-2-7-15(8-12)25-11-16(18)23/h2-9H,10-11H2,1H3,(H2,18,23). The fourth-order valence-corrected chi connectivity index (χ4v) is 2.24. The highest BCUT2D eigenvalue weighted by Crippen LogP contribution is 2.20. The first-order chi connectivity index (χ1) is 12.1. The van der Waals surface area contributed by atoms with Crippen LogP contribution in [0.25, 0.3) is 11.4 Å². The number of carbonyl (C=O) groups excluding carboxylic acids is 1. The third kappa shape index (κ3) is 4.31. The first kappa shape index (κ1) is 16.4. The fraction of sp³-hybridized carbons (Fsp3) is 0.176. The normalized spacial score (nSPS) is 10.4. The molecule has 1 amide bonds. The maximum absolute atomic E-state index is 10.8. The van der Waals surface area contributed by atoms with Crippen LogP contribution in [0.5, 0.6) is 11.5 Å². The van der Waals surface area contributed by atoms with Gasteiger partial charge in [-0.25, -0.2) is 0 Å². The second-order valence-electron chi connectivity index (χ2n) is 5.28. The zero-order valence-corrected chi connectivity index (χ0v) is 13.6. The Labute approximate surface area is 144 Å². The van der Waals surface area contributed by atoms with E-state index < -0.39 is 5.91 Å². The van der Waals surface area contributed by atoms with Gasteiger partial charge in [0, 0.05) is 5.56 Å². The van der Waals surface area contributed by atoms with Crippen molar-refractivity contribution in [1.82, 2.24) is 20.2 Å². The maximum atomic E-state index is 10.8. The van der Waals surface area contributed by atoms with Crippen molar-refractivity contribution in [2.75, 3.05) is 13.7 Å². The van der Waals surface area contributed by atoms with E-state index in [4.69, 9.17) is 15.2 Å². The summed E-state index contributed by atoms with van der Waals surface area (Å²) in [4.78, 5) is 12.3. The maximum Gasteiger partial charge on any atom is 0.255 e. The minimum atomic E-state index is -0.522. The van der Waals surface area contributed by atoms with E-state index in [-0.39, 0.29) is 6.61 Å². The zero-order chi connectivity index (χ0) is 17.6. The SMILES string of the molecule is COc1cccc(-c2nnn(Cc3cccc(OCC(N)=O)c3)n2)c1. The third-order valence-corrected chi connectivity index (χ3v) is 3.38. The number of primary amides is 1. The van der Waals surface area contributed by atoms with Gasteiger partial charge in [0.25, 0.3) is 5.91 Å². The molecule has 2 N–H and O–H groups in total. The minimum absolute atomic E-state index is 0.162. The van der Waals surface area contributed by atoms with Crippen LogP contribution in [0.1, 0.15) is 5.56 Å². The Kier molecular flexibility index (Phi) is 4.89. The Hall–Kier alpha value is -3.42. The summed E-state index contributed by atoms with van der Waals surface area (Å²) in [5, 5.41) is 12.5. The lowest BCUT2D eigenvalue weighted by atomic mass is 10.2. The van der Waals surface area contributed by atoms with Gasteiger partial charge in [-0.15, -0.1) is 10.2 Å². The van der Waals surface area contributed by atoms with Gasteiger partial charge < -0.3 is 15.2 Å². The van der Waals surface area contributed by atoms with Crippen LogP contribution in [0.2, 0.25) is 0 Å². The van der Waals surface area contributed by atoms with E-state index in [2.05, 4.69) is 15.4 Å². The molecule has 2 aromatic carbocycles. The molecule has 25 heavy (non-hydrogen) atoms. The lowest BCUT2D eigenvalue weighted by molar-refractivity contribution is -0.119. The van der Waals surface area contributed by atoms with Crippen molar-refractivity contribution in [3.8, 4) is 22.9 Å². The number of ether oxygens (including phenoxy) is 2. The van der Waals surface area contributed by atoms with Gasteiger partial charge in [-0.1, -0.05) is 24.3 Å². The molecule has 1 aromatic heterocycles. The van der Waals surface area contributed by atoms with Crippen LogP contribution in [-0.2, 0) is 11.3 Å². The summed E-state index contributed by atoms with van der Waals surface area (Å²) in [6.45, 7) is 0.260. The molecule has 0 aliphatic carbocycles. The summed E-state index contributed by atoms with van der Waals surface area (Å²) in [6, 6.07) is 14.7. The summed E-state index contributed by atoms with van der Waals surface area (Å²) in [5.41, 5.74) is 6.81. The molecule has 0 saturated carbocycles. The smallest absolute Gasteiger partial charge is 0.255 e. The molecule has 3 aromatic rings. The van der Waals surface area contributed by atoms with E-state index in [0.29, 0.717) is 18.1 Å². The molecule has 0 fully saturated rings. The number of nitrogens with zero attached hydrogens (tertiary/aromatic N) is 4. The number of aromatic nitrogens is 4. The van der Waals surface area contributed by atoms with Gasteiger partial charge >= 0.3 is 0 Å². The van der Waals surface area contributed by atoms with E-state index in [9.17, 15) is 4.79 Å². The Morgan fingerprint density at radius 1 is 1.16 bits per heavy atom. The highest BCUT2D eigenvalue weighted by molar-refractivity contribution is 5.75. The molecule has 0 radical (unpaired) electrons. The second-order valence-corrected chi connectivity index (χ2v) is 5.28. The zero-order valence-electron chi connectivity index (χ0n) is 13.6. The molecule has 0 atom stereocenters. The Morgan fingerprint density at radius 2 is 1.96 bits per heavy atom. The number of amides is 1. The summed E-state index contributed by atoms with van der Waals surface area (Å²) >= 11 is 0. The molecular formula is C17H17N5O3. The van der Waals surface area contributed by atoms with Crippen LogP contribution in [0.4, 0.5) is 0 Å². The van der Waals surface area contributed by atoms with Crippen molar-refractivity contribution in [1.29, 1.82) is 0 Å². The molecule has 0 aliphatic heterocycles. The lowest BCUT2D eigenvalue weighted by Gasteiger charge is -2.05.